The molecule has 0 unspecified atom stereocenters. The van der Waals surface area contributed by atoms with Gasteiger partial charge in [-0.25, -0.2) is 4.99 Å². The molecule has 0 spiro atoms. The van der Waals surface area contributed by atoms with Crippen LogP contribution < -0.4 is 15.4 Å². The molecule has 29 heavy (non-hydrogen) atoms. The molecule has 154 valence electrons. The smallest absolute Gasteiger partial charge is 0.269 e. The highest BCUT2D eigenvalue weighted by Gasteiger charge is 2.07. The van der Waals surface area contributed by atoms with Crippen molar-refractivity contribution in [1.82, 2.24) is 15.5 Å². The Hall–Kier alpha value is -3.62. The fourth-order valence-corrected chi connectivity index (χ4v) is 2.24. The number of likely N-dealkylation sites (N-methyl/N-ethyl adjacent to an activating group) is 1. The minimum absolute atomic E-state index is 0.0313. The van der Waals surface area contributed by atoms with Crippen molar-refractivity contribution >= 4 is 17.6 Å². The van der Waals surface area contributed by atoms with Crippen LogP contribution in [0.4, 0.5) is 5.69 Å². The number of aliphatic imine (C=N–C) groups is 1. The molecule has 0 aliphatic heterocycles. The molecule has 0 heterocycles. The Balaban J connectivity index is 1.92. The lowest BCUT2D eigenvalue weighted by Gasteiger charge is -2.15. The van der Waals surface area contributed by atoms with Crippen LogP contribution in [0.2, 0.25) is 0 Å². The van der Waals surface area contributed by atoms with Crippen LogP contribution in [0.25, 0.3) is 0 Å². The molecule has 0 aromatic heterocycles. The van der Waals surface area contributed by atoms with Crippen molar-refractivity contribution in [3.8, 4) is 5.75 Å². The van der Waals surface area contributed by atoms with Gasteiger partial charge in [-0.2, -0.15) is 0 Å². The number of rotatable bonds is 9. The van der Waals surface area contributed by atoms with Crippen LogP contribution in [0, 0.1) is 10.1 Å². The number of carbonyl (C=O) groups excluding carboxylic acids is 1. The minimum Gasteiger partial charge on any atom is -0.492 e. The average Bonchev–Trinajstić information content (AvgIpc) is 2.73. The third-order valence-corrected chi connectivity index (χ3v) is 3.88. The number of nitro groups is 1. The SMILES string of the molecule is CN(C)C(=O)CNC(=NCc1ccc([N+](=O)[O-])cc1)NCCOc1ccccc1. The number of nitro benzene ring substituents is 1. The van der Waals surface area contributed by atoms with Crippen molar-refractivity contribution in [1.29, 1.82) is 0 Å². The highest BCUT2D eigenvalue weighted by Crippen LogP contribution is 2.12. The maximum absolute atomic E-state index is 11.8. The Morgan fingerprint density at radius 3 is 2.41 bits per heavy atom. The number of benzene rings is 2. The highest BCUT2D eigenvalue weighted by atomic mass is 16.6. The number of hydrogen-bond acceptors (Lipinski definition) is 5. The molecule has 0 saturated heterocycles. The molecule has 0 saturated carbocycles. The van der Waals surface area contributed by atoms with Gasteiger partial charge in [0.25, 0.3) is 5.69 Å². The fourth-order valence-electron chi connectivity index (χ4n) is 2.24. The lowest BCUT2D eigenvalue weighted by Crippen LogP contribution is -2.44. The summed E-state index contributed by atoms with van der Waals surface area (Å²) in [6.07, 6.45) is 0. The fraction of sp³-hybridized carbons (Fsp3) is 0.300. The molecule has 0 bridgehead atoms. The topological polar surface area (TPSA) is 109 Å². The van der Waals surface area contributed by atoms with Crippen molar-refractivity contribution in [3.05, 3.63) is 70.3 Å². The maximum atomic E-state index is 11.8. The number of hydrogen-bond donors (Lipinski definition) is 2. The number of carbonyl (C=O) groups is 1. The van der Waals surface area contributed by atoms with Crippen molar-refractivity contribution in [2.75, 3.05) is 33.8 Å². The quantitative estimate of drug-likeness (QED) is 0.219. The summed E-state index contributed by atoms with van der Waals surface area (Å²) < 4.78 is 5.63. The van der Waals surface area contributed by atoms with E-state index in [1.807, 2.05) is 30.3 Å². The van der Waals surface area contributed by atoms with Crippen LogP contribution in [0.3, 0.4) is 0 Å². The normalized spacial score (nSPS) is 10.9. The molecule has 2 aromatic rings. The van der Waals surface area contributed by atoms with Gasteiger partial charge in [-0.15, -0.1) is 0 Å². The molecule has 0 fully saturated rings. The van der Waals surface area contributed by atoms with Gasteiger partial charge in [0.1, 0.15) is 12.4 Å². The largest absolute Gasteiger partial charge is 0.492 e. The molecule has 0 radical (unpaired) electrons. The lowest BCUT2D eigenvalue weighted by molar-refractivity contribution is -0.384. The summed E-state index contributed by atoms with van der Waals surface area (Å²) in [5.41, 5.74) is 0.847. The standard InChI is InChI=1S/C20H25N5O4/c1-24(2)19(26)15-23-20(21-12-13-29-18-6-4-3-5-7-18)22-14-16-8-10-17(11-9-16)25(27)28/h3-11H,12-15H2,1-2H3,(H2,21,22,23). The molecule has 2 N–H and O–H groups in total. The van der Waals surface area contributed by atoms with Crippen LogP contribution in [0.15, 0.2) is 59.6 Å². The van der Waals surface area contributed by atoms with E-state index in [1.165, 1.54) is 17.0 Å². The van der Waals surface area contributed by atoms with E-state index in [0.717, 1.165) is 11.3 Å². The van der Waals surface area contributed by atoms with Gasteiger partial charge in [0.15, 0.2) is 5.96 Å². The van der Waals surface area contributed by atoms with Crippen LogP contribution in [-0.2, 0) is 11.3 Å². The van der Waals surface area contributed by atoms with Gasteiger partial charge in [-0.05, 0) is 17.7 Å². The molecule has 9 heteroatoms. The number of amides is 1. The number of non-ortho nitro benzene ring substituents is 1. The van der Waals surface area contributed by atoms with E-state index >= 15 is 0 Å². The first kappa shape index (κ1) is 21.7. The molecule has 2 aromatic carbocycles. The molecule has 0 aliphatic rings. The van der Waals surface area contributed by atoms with Crippen LogP contribution in [-0.4, -0.2) is 55.5 Å². The van der Waals surface area contributed by atoms with Gasteiger partial charge in [0, 0.05) is 26.2 Å². The van der Waals surface area contributed by atoms with E-state index in [0.29, 0.717) is 25.7 Å². The minimum atomic E-state index is -0.443. The van der Waals surface area contributed by atoms with Gasteiger partial charge < -0.3 is 20.3 Å². The molecule has 0 aliphatic carbocycles. The van der Waals surface area contributed by atoms with Crippen molar-refractivity contribution in [2.45, 2.75) is 6.54 Å². The Morgan fingerprint density at radius 2 is 1.79 bits per heavy atom. The highest BCUT2D eigenvalue weighted by molar-refractivity contribution is 5.86. The Labute approximate surface area is 169 Å². The zero-order chi connectivity index (χ0) is 21.1. The zero-order valence-corrected chi connectivity index (χ0v) is 16.5. The predicted molar refractivity (Wildman–Crippen MR) is 111 cm³/mol. The average molecular weight is 399 g/mol. The van der Waals surface area contributed by atoms with Gasteiger partial charge in [-0.3, -0.25) is 14.9 Å². The zero-order valence-electron chi connectivity index (χ0n) is 16.5. The third kappa shape index (κ3) is 7.87. The molecular weight excluding hydrogens is 374 g/mol. The third-order valence-electron chi connectivity index (χ3n) is 3.88. The first-order valence-corrected chi connectivity index (χ1v) is 9.09. The van der Waals surface area contributed by atoms with E-state index in [4.69, 9.17) is 4.74 Å². The van der Waals surface area contributed by atoms with E-state index in [-0.39, 0.29) is 18.1 Å². The van der Waals surface area contributed by atoms with E-state index in [2.05, 4.69) is 15.6 Å². The van der Waals surface area contributed by atoms with E-state index in [9.17, 15) is 14.9 Å². The summed E-state index contributed by atoms with van der Waals surface area (Å²) in [5, 5.41) is 16.8. The van der Waals surface area contributed by atoms with Gasteiger partial charge in [0.05, 0.1) is 24.6 Å². The number of para-hydroxylation sites is 1. The molecule has 9 nitrogen and oxygen atoms in total. The second kappa shape index (κ2) is 11.3. The molecule has 2 rings (SSSR count). The predicted octanol–water partition coefficient (Wildman–Crippen LogP) is 1.80. The lowest BCUT2D eigenvalue weighted by atomic mass is 10.2. The van der Waals surface area contributed by atoms with Crippen LogP contribution >= 0.6 is 0 Å². The summed E-state index contributed by atoms with van der Waals surface area (Å²) in [6.45, 7) is 1.31. The number of guanidine groups is 1. The molecule has 1 amide bonds. The van der Waals surface area contributed by atoms with Crippen LogP contribution in [0.1, 0.15) is 5.56 Å². The van der Waals surface area contributed by atoms with E-state index in [1.54, 1.807) is 26.2 Å². The first-order chi connectivity index (χ1) is 14.0. The summed E-state index contributed by atoms with van der Waals surface area (Å²) in [7, 11) is 3.36. The maximum Gasteiger partial charge on any atom is 0.269 e. The summed E-state index contributed by atoms with van der Waals surface area (Å²) in [4.78, 5) is 28.1. The number of nitrogens with zero attached hydrogens (tertiary/aromatic N) is 3. The van der Waals surface area contributed by atoms with Gasteiger partial charge >= 0.3 is 0 Å². The summed E-state index contributed by atoms with van der Waals surface area (Å²) in [5.74, 6) is 1.14. The van der Waals surface area contributed by atoms with E-state index < -0.39 is 4.92 Å². The number of nitrogens with one attached hydrogen (secondary N) is 2. The first-order valence-electron chi connectivity index (χ1n) is 9.09. The second-order valence-corrected chi connectivity index (χ2v) is 6.32. The van der Waals surface area contributed by atoms with Gasteiger partial charge in [-0.1, -0.05) is 30.3 Å². The molecule has 0 atom stereocenters. The molecular formula is C20H25N5O4. The monoisotopic (exact) mass is 399 g/mol. The van der Waals surface area contributed by atoms with Gasteiger partial charge in [0.2, 0.25) is 5.91 Å². The Bertz CT molecular complexity index is 823. The Kier molecular flexibility index (Phi) is 8.43. The number of ether oxygens (including phenoxy) is 1. The second-order valence-electron chi connectivity index (χ2n) is 6.32. The summed E-state index contributed by atoms with van der Waals surface area (Å²) >= 11 is 0. The van der Waals surface area contributed by atoms with Crippen molar-refractivity contribution in [3.63, 3.8) is 0 Å². The summed E-state index contributed by atoms with van der Waals surface area (Å²) in [6, 6.07) is 15.6. The van der Waals surface area contributed by atoms with Crippen molar-refractivity contribution < 1.29 is 14.5 Å². The van der Waals surface area contributed by atoms with Crippen LogP contribution in [0.5, 0.6) is 5.75 Å². The van der Waals surface area contributed by atoms with Crippen molar-refractivity contribution in [2.24, 2.45) is 4.99 Å². The Morgan fingerprint density at radius 1 is 1.10 bits per heavy atom.